The van der Waals surface area contributed by atoms with Gasteiger partial charge in [-0.05, 0) is 47.2 Å². The number of carbonyl (C=O) groups excluding carboxylic acids is 1. The molecule has 0 saturated heterocycles. The molecule has 1 N–H and O–H groups in total. The van der Waals surface area contributed by atoms with Crippen molar-refractivity contribution in [2.75, 3.05) is 17.8 Å². The zero-order valence-electron chi connectivity index (χ0n) is 22.8. The number of carbonyl (C=O) groups is 1. The molecule has 202 valence electrons. The zero-order chi connectivity index (χ0) is 26.0. The number of nitrogens with one attached hydrogen (secondary N) is 1. The summed E-state index contributed by atoms with van der Waals surface area (Å²) in [6, 6.07) is 16.0. The second kappa shape index (κ2) is 18.0. The number of anilines is 1. The summed E-state index contributed by atoms with van der Waals surface area (Å²) in [5.41, 5.74) is 3.07. The van der Waals surface area contributed by atoms with E-state index < -0.39 is 0 Å². The van der Waals surface area contributed by atoms with Gasteiger partial charge in [0.05, 0.1) is 18.9 Å². The van der Waals surface area contributed by atoms with Crippen molar-refractivity contribution >= 4 is 23.4 Å². The summed E-state index contributed by atoms with van der Waals surface area (Å²) in [7, 11) is 0. The Kier molecular flexibility index (Phi) is 14.1. The van der Waals surface area contributed by atoms with E-state index in [1.54, 1.807) is 11.8 Å². The van der Waals surface area contributed by atoms with Crippen molar-refractivity contribution in [2.45, 2.75) is 96.9 Å². The molecule has 1 amide bonds. The van der Waals surface area contributed by atoms with Gasteiger partial charge < -0.3 is 15.0 Å². The zero-order valence-corrected chi connectivity index (χ0v) is 23.6. The highest BCUT2D eigenvalue weighted by Gasteiger charge is 2.07. The third-order valence-electron chi connectivity index (χ3n) is 6.79. The molecule has 2 aromatic carbocycles. The SMILES string of the molecule is CCCCCCCCCCCCCCOc1ccc(CC(=O)Nc2ccc(CN3C=CSC3)cc2)cc1. The van der Waals surface area contributed by atoms with Crippen LogP contribution in [0.1, 0.15) is 95.1 Å². The Labute approximate surface area is 229 Å². The van der Waals surface area contributed by atoms with E-state index in [0.717, 1.165) is 42.4 Å². The quantitative estimate of drug-likeness (QED) is 0.187. The van der Waals surface area contributed by atoms with Crippen molar-refractivity contribution in [1.82, 2.24) is 4.90 Å². The highest BCUT2D eigenvalue weighted by Crippen LogP contribution is 2.19. The van der Waals surface area contributed by atoms with E-state index in [-0.39, 0.29) is 5.91 Å². The molecule has 0 saturated carbocycles. The Morgan fingerprint density at radius 1 is 0.811 bits per heavy atom. The summed E-state index contributed by atoms with van der Waals surface area (Å²) in [6.45, 7) is 3.94. The lowest BCUT2D eigenvalue weighted by Gasteiger charge is -2.14. The number of ether oxygens (including phenoxy) is 1. The molecule has 3 rings (SSSR count). The minimum atomic E-state index is -0.00297. The second-order valence-corrected chi connectivity index (χ2v) is 11.0. The molecule has 0 aliphatic carbocycles. The molecule has 1 heterocycles. The molecule has 1 aliphatic rings. The maximum atomic E-state index is 12.5. The van der Waals surface area contributed by atoms with Gasteiger partial charge in [0, 0.05) is 18.4 Å². The molecule has 5 heteroatoms. The van der Waals surface area contributed by atoms with Crippen LogP contribution in [0.3, 0.4) is 0 Å². The van der Waals surface area contributed by atoms with Gasteiger partial charge in [-0.15, -0.1) is 11.8 Å². The van der Waals surface area contributed by atoms with Crippen molar-refractivity contribution in [1.29, 1.82) is 0 Å². The fourth-order valence-electron chi connectivity index (χ4n) is 4.56. The fourth-order valence-corrected chi connectivity index (χ4v) is 5.28. The number of hydrogen-bond acceptors (Lipinski definition) is 4. The molecule has 0 bridgehead atoms. The third-order valence-corrected chi connectivity index (χ3v) is 7.58. The molecule has 2 aromatic rings. The number of hydrogen-bond donors (Lipinski definition) is 1. The second-order valence-electron chi connectivity index (χ2n) is 10.1. The van der Waals surface area contributed by atoms with E-state index in [9.17, 15) is 4.79 Å². The normalized spacial score (nSPS) is 12.7. The first-order valence-corrected chi connectivity index (χ1v) is 15.4. The van der Waals surface area contributed by atoms with Crippen LogP contribution in [-0.2, 0) is 17.8 Å². The molecular weight excluding hydrogens is 476 g/mol. The summed E-state index contributed by atoms with van der Waals surface area (Å²) in [5, 5.41) is 5.12. The molecule has 0 spiro atoms. The van der Waals surface area contributed by atoms with Gasteiger partial charge in [0.25, 0.3) is 0 Å². The number of unbranched alkanes of at least 4 members (excludes halogenated alkanes) is 11. The molecule has 37 heavy (non-hydrogen) atoms. The van der Waals surface area contributed by atoms with Crippen LogP contribution in [0.2, 0.25) is 0 Å². The van der Waals surface area contributed by atoms with Crippen LogP contribution < -0.4 is 10.1 Å². The first kappa shape index (κ1) is 29.2. The Bertz CT molecular complexity index is 911. The van der Waals surface area contributed by atoms with Crippen molar-refractivity contribution in [3.8, 4) is 5.75 Å². The minimum Gasteiger partial charge on any atom is -0.494 e. The smallest absolute Gasteiger partial charge is 0.228 e. The van der Waals surface area contributed by atoms with Crippen LogP contribution >= 0.6 is 11.8 Å². The molecule has 0 aromatic heterocycles. The monoisotopic (exact) mass is 522 g/mol. The molecule has 0 fully saturated rings. The van der Waals surface area contributed by atoms with Crippen LogP contribution in [0.4, 0.5) is 5.69 Å². The van der Waals surface area contributed by atoms with Gasteiger partial charge in [0.1, 0.15) is 5.75 Å². The Morgan fingerprint density at radius 2 is 1.41 bits per heavy atom. The molecule has 0 radical (unpaired) electrons. The molecular formula is C32H46N2O2S. The summed E-state index contributed by atoms with van der Waals surface area (Å²) in [4.78, 5) is 14.7. The first-order chi connectivity index (χ1) is 18.2. The highest BCUT2D eigenvalue weighted by molar-refractivity contribution is 8.02. The fraction of sp³-hybridized carbons (Fsp3) is 0.531. The lowest BCUT2D eigenvalue weighted by Crippen LogP contribution is -2.15. The van der Waals surface area contributed by atoms with Gasteiger partial charge in [0.2, 0.25) is 5.91 Å². The van der Waals surface area contributed by atoms with E-state index in [4.69, 9.17) is 4.74 Å². The molecule has 1 aliphatic heterocycles. The number of rotatable bonds is 19. The summed E-state index contributed by atoms with van der Waals surface area (Å²) in [5.74, 6) is 1.88. The van der Waals surface area contributed by atoms with Gasteiger partial charge >= 0.3 is 0 Å². The van der Waals surface area contributed by atoms with E-state index in [0.29, 0.717) is 6.42 Å². The number of nitrogens with zero attached hydrogens (tertiary/aromatic N) is 1. The highest BCUT2D eigenvalue weighted by atomic mass is 32.2. The third kappa shape index (κ3) is 12.6. The largest absolute Gasteiger partial charge is 0.494 e. The van der Waals surface area contributed by atoms with Gasteiger partial charge in [-0.1, -0.05) is 102 Å². The summed E-state index contributed by atoms with van der Waals surface area (Å²) in [6.07, 6.45) is 18.7. The van der Waals surface area contributed by atoms with Gasteiger partial charge in [-0.3, -0.25) is 4.79 Å². The predicted molar refractivity (Wildman–Crippen MR) is 159 cm³/mol. The van der Waals surface area contributed by atoms with Gasteiger partial charge in [-0.2, -0.15) is 0 Å². The van der Waals surface area contributed by atoms with Crippen LogP contribution in [0.5, 0.6) is 5.75 Å². The molecule has 0 unspecified atom stereocenters. The van der Waals surface area contributed by atoms with Crippen molar-refractivity contribution in [3.63, 3.8) is 0 Å². The van der Waals surface area contributed by atoms with Gasteiger partial charge in [0.15, 0.2) is 0 Å². The van der Waals surface area contributed by atoms with Crippen LogP contribution in [0, 0.1) is 0 Å². The van der Waals surface area contributed by atoms with Crippen LogP contribution in [0.15, 0.2) is 60.1 Å². The first-order valence-electron chi connectivity index (χ1n) is 14.4. The molecule has 0 atom stereocenters. The van der Waals surface area contributed by atoms with E-state index >= 15 is 0 Å². The topological polar surface area (TPSA) is 41.6 Å². The lowest BCUT2D eigenvalue weighted by molar-refractivity contribution is -0.115. The lowest BCUT2D eigenvalue weighted by atomic mass is 10.1. The number of amides is 1. The molecule has 4 nitrogen and oxygen atoms in total. The number of benzene rings is 2. The van der Waals surface area contributed by atoms with Crippen molar-refractivity contribution in [2.24, 2.45) is 0 Å². The average Bonchev–Trinajstić information content (AvgIpc) is 3.42. The van der Waals surface area contributed by atoms with E-state index in [2.05, 4.69) is 40.9 Å². The van der Waals surface area contributed by atoms with E-state index in [1.807, 2.05) is 36.4 Å². The van der Waals surface area contributed by atoms with E-state index in [1.165, 1.54) is 76.2 Å². The predicted octanol–water partition coefficient (Wildman–Crippen LogP) is 8.93. The van der Waals surface area contributed by atoms with Crippen LogP contribution in [-0.4, -0.2) is 23.3 Å². The van der Waals surface area contributed by atoms with Crippen LogP contribution in [0.25, 0.3) is 0 Å². The Morgan fingerprint density at radius 3 is 2.00 bits per heavy atom. The maximum absolute atomic E-state index is 12.5. The standard InChI is InChI=1S/C32H46N2O2S/c1-2-3-4-5-6-7-8-9-10-11-12-13-23-36-31-20-16-28(17-21-31)25-32(35)33-30-18-14-29(15-19-30)26-34-22-24-37-27-34/h14-22,24H,2-13,23,25-27H2,1H3,(H,33,35). The van der Waals surface area contributed by atoms with Gasteiger partial charge in [-0.25, -0.2) is 0 Å². The van der Waals surface area contributed by atoms with Crippen molar-refractivity contribution in [3.05, 3.63) is 71.3 Å². The maximum Gasteiger partial charge on any atom is 0.228 e. The minimum absolute atomic E-state index is 0.00297. The Hall–Kier alpha value is -2.40. The van der Waals surface area contributed by atoms with Crippen molar-refractivity contribution < 1.29 is 9.53 Å². The summed E-state index contributed by atoms with van der Waals surface area (Å²) >= 11 is 1.81. The Balaban J connectivity index is 1.21. The average molecular weight is 523 g/mol. The number of thioether (sulfide) groups is 1. The summed E-state index contributed by atoms with van der Waals surface area (Å²) < 4.78 is 5.90.